The fourth-order valence-corrected chi connectivity index (χ4v) is 8.71. The molecule has 0 radical (unpaired) electrons. The van der Waals surface area contributed by atoms with Gasteiger partial charge in [0.25, 0.3) is 0 Å². The van der Waals surface area contributed by atoms with Crippen molar-refractivity contribution in [3.63, 3.8) is 0 Å². The Bertz CT molecular complexity index is 2830. The molecule has 7 aromatic carbocycles. The van der Waals surface area contributed by atoms with Gasteiger partial charge in [-0.15, -0.1) is 11.3 Å². The van der Waals surface area contributed by atoms with Gasteiger partial charge in [0.15, 0.2) is 0 Å². The second kappa shape index (κ2) is 10.5. The van der Waals surface area contributed by atoms with Crippen LogP contribution in [0.15, 0.2) is 158 Å². The van der Waals surface area contributed by atoms with Gasteiger partial charge in [0, 0.05) is 47.9 Å². The fourth-order valence-electron chi connectivity index (χ4n) is 7.47. The van der Waals surface area contributed by atoms with Crippen molar-refractivity contribution in [3.05, 3.63) is 163 Å². The van der Waals surface area contributed by atoms with Crippen molar-refractivity contribution in [3.8, 4) is 33.9 Å². The Morgan fingerprint density at radius 2 is 1.19 bits per heavy atom. The van der Waals surface area contributed by atoms with Crippen LogP contribution in [0, 0.1) is 6.92 Å². The molecule has 3 heterocycles. The van der Waals surface area contributed by atoms with Gasteiger partial charge >= 0.3 is 0 Å². The molecule has 0 fully saturated rings. The van der Waals surface area contributed by atoms with E-state index in [1.807, 2.05) is 11.3 Å². The number of thiophene rings is 1. The molecule has 0 saturated heterocycles. The van der Waals surface area contributed by atoms with E-state index in [0.29, 0.717) is 0 Å². The predicted molar refractivity (Wildman–Crippen MR) is 204 cm³/mol. The molecule has 3 nitrogen and oxygen atoms in total. The van der Waals surface area contributed by atoms with Crippen LogP contribution in [0.4, 0.5) is 0 Å². The van der Waals surface area contributed by atoms with Crippen LogP contribution in [0.3, 0.4) is 0 Å². The largest absolute Gasteiger partial charge is 0.309 e. The van der Waals surface area contributed by atoms with Gasteiger partial charge < -0.3 is 4.57 Å². The van der Waals surface area contributed by atoms with Gasteiger partial charge in [0.2, 0.25) is 0 Å². The third-order valence-corrected chi connectivity index (χ3v) is 10.9. The van der Waals surface area contributed by atoms with E-state index >= 15 is 0 Å². The predicted octanol–water partition coefficient (Wildman–Crippen LogP) is 12.1. The zero-order chi connectivity index (χ0) is 31.8. The average Bonchev–Trinajstić information content (AvgIpc) is 3.82. The van der Waals surface area contributed by atoms with Crippen LogP contribution in [-0.2, 0) is 0 Å². The molecule has 10 aromatic rings. The molecule has 0 aliphatic rings. The molecule has 3 aromatic heterocycles. The summed E-state index contributed by atoms with van der Waals surface area (Å²) in [5.74, 6) is 0.944. The van der Waals surface area contributed by atoms with E-state index in [1.54, 1.807) is 0 Å². The zero-order valence-electron chi connectivity index (χ0n) is 26.3. The van der Waals surface area contributed by atoms with Crippen molar-refractivity contribution in [2.45, 2.75) is 6.92 Å². The molecule has 4 heteroatoms. The number of imidazole rings is 1. The number of fused-ring (bicyclic) bond motifs is 7. The summed E-state index contributed by atoms with van der Waals surface area (Å²) < 4.78 is 7.35. The van der Waals surface area contributed by atoms with E-state index in [1.165, 1.54) is 58.7 Å². The first-order chi connectivity index (χ1) is 23.7. The molecule has 0 unspecified atom stereocenters. The van der Waals surface area contributed by atoms with Gasteiger partial charge in [-0.2, -0.15) is 0 Å². The molecule has 0 atom stereocenters. The molecule has 0 bridgehead atoms. The molecular weight excluding hydrogens is 603 g/mol. The van der Waals surface area contributed by atoms with Crippen molar-refractivity contribution in [2.75, 3.05) is 0 Å². The summed E-state index contributed by atoms with van der Waals surface area (Å²) in [5, 5.41) is 5.16. The fraction of sp³-hybridized carbons (Fsp3) is 0.0227. The number of rotatable bonds is 4. The lowest BCUT2D eigenvalue weighted by molar-refractivity contribution is 1.09. The zero-order valence-corrected chi connectivity index (χ0v) is 27.1. The van der Waals surface area contributed by atoms with Gasteiger partial charge in [0.1, 0.15) is 5.82 Å². The SMILES string of the molecule is Cc1cccc2nc(-c3ccc(-n4c5ccccc5c5cc(-c6cccc7c6sc6ccccc67)ccc54)cc3)n(-c3ccccc3)c12. The van der Waals surface area contributed by atoms with Crippen molar-refractivity contribution in [2.24, 2.45) is 0 Å². The lowest BCUT2D eigenvalue weighted by Crippen LogP contribution is -1.99. The van der Waals surface area contributed by atoms with Gasteiger partial charge in [0.05, 0.1) is 22.1 Å². The van der Waals surface area contributed by atoms with Crippen molar-refractivity contribution in [1.29, 1.82) is 0 Å². The summed E-state index contributed by atoms with van der Waals surface area (Å²) in [5.41, 5.74) is 11.6. The van der Waals surface area contributed by atoms with Crippen LogP contribution < -0.4 is 0 Å². The van der Waals surface area contributed by atoms with E-state index in [-0.39, 0.29) is 0 Å². The monoisotopic (exact) mass is 631 g/mol. The Morgan fingerprint density at radius 1 is 0.500 bits per heavy atom. The molecule has 0 aliphatic carbocycles. The number of aryl methyl sites for hydroxylation is 1. The standard InChI is InChI=1S/C44H29N3S/c1-28-11-9-18-38-42(28)47(31-12-3-2-4-13-31)44(45-38)29-21-24-32(25-22-29)46-39-19-7-5-14-34(39)37-27-30(23-26-40(37)46)33-16-10-17-36-35-15-6-8-20-41(35)48-43(33)36/h2-27H,1H3. The van der Waals surface area contributed by atoms with Gasteiger partial charge in [-0.3, -0.25) is 4.57 Å². The molecule has 0 aliphatic heterocycles. The summed E-state index contributed by atoms with van der Waals surface area (Å²) >= 11 is 1.88. The van der Waals surface area contributed by atoms with E-state index in [9.17, 15) is 0 Å². The normalized spacial score (nSPS) is 11.9. The van der Waals surface area contributed by atoms with Gasteiger partial charge in [-0.1, -0.05) is 91.0 Å². The third kappa shape index (κ3) is 4.03. The minimum atomic E-state index is 0.944. The third-order valence-electron chi connectivity index (χ3n) is 9.66. The lowest BCUT2D eigenvalue weighted by atomic mass is 10.0. The van der Waals surface area contributed by atoms with Crippen molar-refractivity contribution >= 4 is 64.3 Å². The van der Waals surface area contributed by atoms with E-state index < -0.39 is 0 Å². The number of nitrogens with zero attached hydrogens (tertiary/aromatic N) is 3. The smallest absolute Gasteiger partial charge is 0.145 e. The first-order valence-electron chi connectivity index (χ1n) is 16.3. The Labute approximate surface area is 281 Å². The maximum Gasteiger partial charge on any atom is 0.145 e. The quantitative estimate of drug-likeness (QED) is 0.189. The number of benzene rings is 7. The minimum Gasteiger partial charge on any atom is -0.309 e. The number of para-hydroxylation sites is 3. The second-order valence-electron chi connectivity index (χ2n) is 12.5. The molecule has 48 heavy (non-hydrogen) atoms. The van der Waals surface area contributed by atoms with Crippen LogP contribution in [0.1, 0.15) is 5.56 Å². The molecule has 226 valence electrons. The Morgan fingerprint density at radius 3 is 2.06 bits per heavy atom. The van der Waals surface area contributed by atoms with Crippen LogP contribution in [0.5, 0.6) is 0 Å². The Hall–Kier alpha value is -5.97. The highest BCUT2D eigenvalue weighted by atomic mass is 32.1. The van der Waals surface area contributed by atoms with E-state index in [2.05, 4.69) is 174 Å². The maximum absolute atomic E-state index is 5.14. The van der Waals surface area contributed by atoms with Gasteiger partial charge in [-0.25, -0.2) is 4.98 Å². The molecule has 0 amide bonds. The number of hydrogen-bond acceptors (Lipinski definition) is 2. The van der Waals surface area contributed by atoms with Crippen molar-refractivity contribution < 1.29 is 0 Å². The second-order valence-corrected chi connectivity index (χ2v) is 13.5. The highest BCUT2D eigenvalue weighted by molar-refractivity contribution is 7.26. The Balaban J connectivity index is 1.13. The molecule has 10 rings (SSSR count). The first-order valence-corrected chi connectivity index (χ1v) is 17.1. The summed E-state index contributed by atoms with van der Waals surface area (Å²) in [4.78, 5) is 5.14. The Kier molecular flexibility index (Phi) is 5.96. The van der Waals surface area contributed by atoms with E-state index in [4.69, 9.17) is 4.98 Å². The first kappa shape index (κ1) is 27.2. The van der Waals surface area contributed by atoms with Crippen LogP contribution >= 0.6 is 11.3 Å². The van der Waals surface area contributed by atoms with Crippen LogP contribution in [0.25, 0.3) is 86.9 Å². The minimum absolute atomic E-state index is 0.944. The summed E-state index contributed by atoms with van der Waals surface area (Å²) in [6.45, 7) is 2.16. The molecule has 0 saturated carbocycles. The highest BCUT2D eigenvalue weighted by Crippen LogP contribution is 2.42. The number of hydrogen-bond donors (Lipinski definition) is 0. The van der Waals surface area contributed by atoms with Crippen LogP contribution in [-0.4, -0.2) is 14.1 Å². The molecular formula is C44H29N3S. The van der Waals surface area contributed by atoms with Crippen LogP contribution in [0.2, 0.25) is 0 Å². The average molecular weight is 632 g/mol. The summed E-state index contributed by atoms with van der Waals surface area (Å²) in [7, 11) is 0. The van der Waals surface area contributed by atoms with Crippen molar-refractivity contribution in [1.82, 2.24) is 14.1 Å². The van der Waals surface area contributed by atoms with E-state index in [0.717, 1.165) is 33.8 Å². The maximum atomic E-state index is 5.14. The highest BCUT2D eigenvalue weighted by Gasteiger charge is 2.18. The molecule has 0 spiro atoms. The van der Waals surface area contributed by atoms with Gasteiger partial charge in [-0.05, 0) is 90.3 Å². The molecule has 0 N–H and O–H groups in total. The topological polar surface area (TPSA) is 22.8 Å². The lowest BCUT2D eigenvalue weighted by Gasteiger charge is -2.12. The summed E-state index contributed by atoms with van der Waals surface area (Å²) in [6.07, 6.45) is 0. The summed E-state index contributed by atoms with van der Waals surface area (Å²) in [6, 6.07) is 56.9. The number of aromatic nitrogens is 3.